The average Bonchev–Trinajstić information content (AvgIpc) is 4.45. The lowest BCUT2D eigenvalue weighted by Crippen LogP contribution is -2.43. The highest BCUT2D eigenvalue weighted by Crippen LogP contribution is 2.30. The second-order valence-electron chi connectivity index (χ2n) is 21.1. The molecule has 0 unspecified atom stereocenters. The second kappa shape index (κ2) is 25.9. The number of carbonyl (C=O) groups is 8. The SMILES string of the molecule is CC(=O)N1CCC[C@H]1C(=O)Nc1ccc(-c2nnc(-c3ccc(NC(=O)[C@@H]4CCCN4C(=O)Cc4ccccc4)cc3)o2)cc1.CC(=O)N1CCC[C@H]1C(=O)Nc1ccc(-c2nnc(-c3ccc(NC(=O)[C@@H]4CCCN4C(C)=O)cc3)o2)cc1. The second-order valence-corrected chi connectivity index (χ2v) is 21.1. The van der Waals surface area contributed by atoms with E-state index in [-0.39, 0.29) is 53.7 Å². The molecule has 4 aliphatic heterocycles. The predicted molar refractivity (Wildman–Crippen MR) is 311 cm³/mol. The fourth-order valence-electron chi connectivity index (χ4n) is 11.1. The Bertz CT molecular complexity index is 3430. The smallest absolute Gasteiger partial charge is 0.248 e. The van der Waals surface area contributed by atoms with Crippen LogP contribution in [0.5, 0.6) is 0 Å². The standard InChI is InChI=1S/C34H34N6O5.C28H30N6O5/c1-22(41)39-19-5-9-28(39)31(43)35-26-15-11-24(12-16-26)33-37-38-34(45-33)25-13-17-27(18-14-25)36-32(44)29-10-6-20-40(29)30(42)21-23-7-3-2-4-8-23;1-17(35)33-15-3-5-23(33)25(37)29-21-11-7-19(8-12-21)27-31-32-28(39-27)20-9-13-22(14-10-20)30-26(38)24-6-4-16-34(24)18(2)36/h2-4,7-8,11-18,28-29H,5-6,9-10,19-21H2,1H3,(H,35,43)(H,36,44);7-14,23-24H,3-6,15-16H2,1-2H3,(H,29,37)(H,30,38)/t28-,29-;23-,24-/m00/s1. The molecule has 6 heterocycles. The summed E-state index contributed by atoms with van der Waals surface area (Å²) in [7, 11) is 0. The number of amides is 8. The number of carbonyl (C=O) groups excluding carboxylic acids is 8. The largest absolute Gasteiger partial charge is 0.416 e. The fourth-order valence-corrected chi connectivity index (χ4v) is 11.1. The van der Waals surface area contributed by atoms with Crippen LogP contribution in [0.3, 0.4) is 0 Å². The van der Waals surface area contributed by atoms with Crippen molar-refractivity contribution in [1.29, 1.82) is 0 Å². The van der Waals surface area contributed by atoms with Crippen LogP contribution in [0.1, 0.15) is 77.7 Å². The van der Waals surface area contributed by atoms with Gasteiger partial charge in [0.25, 0.3) is 0 Å². The maximum atomic E-state index is 13.1. The monoisotopic (exact) mass is 1140 g/mol. The minimum absolute atomic E-state index is 0.0501. The highest BCUT2D eigenvalue weighted by molar-refractivity contribution is 6.00. The fraction of sp³-hybridized carbons (Fsp3) is 0.323. The number of nitrogens with one attached hydrogen (secondary N) is 4. The van der Waals surface area contributed by atoms with Crippen LogP contribution in [0, 0.1) is 0 Å². The number of nitrogens with zero attached hydrogens (tertiary/aromatic N) is 8. The average molecular weight is 1140 g/mol. The van der Waals surface area contributed by atoms with Crippen molar-refractivity contribution >= 4 is 70.0 Å². The normalized spacial score (nSPS) is 18.2. The highest BCUT2D eigenvalue weighted by atomic mass is 16.4. The molecule has 22 heteroatoms. The number of rotatable bonds is 14. The third-order valence-electron chi connectivity index (χ3n) is 15.4. The topological polar surface area (TPSA) is 275 Å². The maximum Gasteiger partial charge on any atom is 0.248 e. The molecule has 4 N–H and O–H groups in total. The summed E-state index contributed by atoms with van der Waals surface area (Å²) in [6, 6.07) is 35.9. The van der Waals surface area contributed by atoms with Crippen molar-refractivity contribution < 1.29 is 47.2 Å². The van der Waals surface area contributed by atoms with Crippen LogP contribution >= 0.6 is 0 Å². The molecule has 2 aromatic heterocycles. The van der Waals surface area contributed by atoms with E-state index < -0.39 is 24.2 Å². The zero-order valence-corrected chi connectivity index (χ0v) is 46.8. The van der Waals surface area contributed by atoms with Crippen LogP contribution < -0.4 is 21.3 Å². The van der Waals surface area contributed by atoms with Gasteiger partial charge in [-0.3, -0.25) is 38.4 Å². The molecule has 22 nitrogen and oxygen atoms in total. The molecule has 4 aliphatic rings. The molecule has 0 bridgehead atoms. The molecule has 0 radical (unpaired) electrons. The first-order chi connectivity index (χ1) is 40.6. The van der Waals surface area contributed by atoms with Crippen LogP contribution in [0.2, 0.25) is 0 Å². The van der Waals surface area contributed by atoms with Crippen LogP contribution in [0.25, 0.3) is 45.8 Å². The molecule has 8 amide bonds. The molecule has 84 heavy (non-hydrogen) atoms. The summed E-state index contributed by atoms with van der Waals surface area (Å²) in [5, 5.41) is 28.2. The Hall–Kier alpha value is -9.86. The van der Waals surface area contributed by atoms with Gasteiger partial charge in [0, 0.05) is 92.0 Å². The zero-order valence-electron chi connectivity index (χ0n) is 46.8. The van der Waals surface area contributed by atoms with Crippen molar-refractivity contribution in [1.82, 2.24) is 40.0 Å². The molecule has 4 atom stereocenters. The molecule has 0 aliphatic carbocycles. The van der Waals surface area contributed by atoms with Crippen LogP contribution in [-0.4, -0.2) is 138 Å². The van der Waals surface area contributed by atoms with Crippen molar-refractivity contribution in [2.75, 3.05) is 47.4 Å². The van der Waals surface area contributed by atoms with E-state index in [1.165, 1.54) is 20.8 Å². The number of likely N-dealkylation sites (tertiary alicyclic amines) is 4. The summed E-state index contributed by atoms with van der Waals surface area (Å²) in [6.45, 7) is 6.81. The van der Waals surface area contributed by atoms with Gasteiger partial charge in [0.15, 0.2) is 0 Å². The van der Waals surface area contributed by atoms with Crippen molar-refractivity contribution in [2.45, 2.75) is 103 Å². The highest BCUT2D eigenvalue weighted by Gasteiger charge is 2.36. The molecule has 7 aromatic rings. The van der Waals surface area contributed by atoms with Gasteiger partial charge in [-0.15, -0.1) is 20.4 Å². The molecule has 11 rings (SSSR count). The Balaban J connectivity index is 0.000000189. The quantitative estimate of drug-likeness (QED) is 0.0808. The molecule has 432 valence electrons. The van der Waals surface area contributed by atoms with E-state index in [1.807, 2.05) is 30.3 Å². The predicted octanol–water partition coefficient (Wildman–Crippen LogP) is 7.83. The molecule has 0 spiro atoms. The van der Waals surface area contributed by atoms with Gasteiger partial charge in [-0.25, -0.2) is 0 Å². The van der Waals surface area contributed by atoms with Crippen LogP contribution in [0.15, 0.2) is 136 Å². The maximum absolute atomic E-state index is 13.1. The molecular formula is C62H64N12O10. The van der Waals surface area contributed by atoms with E-state index in [0.717, 1.165) is 31.2 Å². The van der Waals surface area contributed by atoms with Gasteiger partial charge >= 0.3 is 0 Å². The number of hydrogen-bond acceptors (Lipinski definition) is 14. The summed E-state index contributed by atoms with van der Waals surface area (Å²) >= 11 is 0. The van der Waals surface area contributed by atoms with Gasteiger partial charge in [-0.2, -0.15) is 0 Å². The Morgan fingerprint density at radius 1 is 0.381 bits per heavy atom. The minimum atomic E-state index is -0.503. The van der Waals surface area contributed by atoms with Gasteiger partial charge in [0.05, 0.1) is 6.42 Å². The molecule has 4 fully saturated rings. The first-order valence-electron chi connectivity index (χ1n) is 28.1. The lowest BCUT2D eigenvalue weighted by molar-refractivity contribution is -0.136. The first kappa shape index (κ1) is 57.4. The van der Waals surface area contributed by atoms with E-state index in [2.05, 4.69) is 41.7 Å². The van der Waals surface area contributed by atoms with Crippen LogP contribution in [0.4, 0.5) is 22.7 Å². The number of benzene rings is 5. The molecule has 0 saturated carbocycles. The Morgan fingerprint density at radius 2 is 0.643 bits per heavy atom. The lowest BCUT2D eigenvalue weighted by Gasteiger charge is -2.24. The van der Waals surface area contributed by atoms with Crippen molar-refractivity contribution in [3.63, 3.8) is 0 Å². The third-order valence-corrected chi connectivity index (χ3v) is 15.4. The molecular weight excluding hydrogens is 1070 g/mol. The lowest BCUT2D eigenvalue weighted by atomic mass is 10.1. The summed E-state index contributed by atoms with van der Waals surface area (Å²) in [4.78, 5) is 106. The van der Waals surface area contributed by atoms with Crippen molar-refractivity contribution in [3.8, 4) is 45.8 Å². The van der Waals surface area contributed by atoms with E-state index >= 15 is 0 Å². The van der Waals surface area contributed by atoms with Crippen molar-refractivity contribution in [2.24, 2.45) is 0 Å². The van der Waals surface area contributed by atoms with Gasteiger partial charge in [-0.05, 0) is 154 Å². The summed E-state index contributed by atoms with van der Waals surface area (Å²) < 4.78 is 11.8. The van der Waals surface area contributed by atoms with Gasteiger partial charge in [0.1, 0.15) is 24.2 Å². The Kier molecular flexibility index (Phi) is 17.7. The summed E-state index contributed by atoms with van der Waals surface area (Å²) in [6.07, 6.45) is 6.08. The summed E-state index contributed by atoms with van der Waals surface area (Å²) in [5.74, 6) is 0.133. The van der Waals surface area contributed by atoms with Gasteiger partial charge in [-0.1, -0.05) is 30.3 Å². The third kappa shape index (κ3) is 13.6. The van der Waals surface area contributed by atoms with E-state index in [0.29, 0.717) is 120 Å². The van der Waals surface area contributed by atoms with E-state index in [4.69, 9.17) is 8.83 Å². The van der Waals surface area contributed by atoms with E-state index in [9.17, 15) is 38.4 Å². The Morgan fingerprint density at radius 3 is 0.917 bits per heavy atom. The minimum Gasteiger partial charge on any atom is -0.416 e. The molecule has 4 saturated heterocycles. The number of aromatic nitrogens is 4. The summed E-state index contributed by atoms with van der Waals surface area (Å²) in [5.41, 5.74) is 6.11. The first-order valence-corrected chi connectivity index (χ1v) is 28.1. The van der Waals surface area contributed by atoms with E-state index in [1.54, 1.807) is 117 Å². The zero-order chi connectivity index (χ0) is 58.9. The van der Waals surface area contributed by atoms with Gasteiger partial charge < -0.3 is 49.7 Å². The molecule has 5 aromatic carbocycles. The van der Waals surface area contributed by atoms with Gasteiger partial charge in [0.2, 0.25) is 70.8 Å². The number of anilines is 4. The Labute approximate surface area is 484 Å². The van der Waals surface area contributed by atoms with Crippen molar-refractivity contribution in [3.05, 3.63) is 133 Å². The van der Waals surface area contributed by atoms with Crippen LogP contribution in [-0.2, 0) is 44.8 Å². The number of hydrogen-bond donors (Lipinski definition) is 4.